The highest BCUT2D eigenvalue weighted by molar-refractivity contribution is 9.10. The first-order valence-electron chi connectivity index (χ1n) is 15.4. The second-order valence-corrected chi connectivity index (χ2v) is 14.2. The lowest BCUT2D eigenvalue weighted by atomic mass is 10.0. The number of amides is 1. The van der Waals surface area contributed by atoms with E-state index in [9.17, 15) is 9.90 Å². The molecule has 5 nitrogen and oxygen atoms in total. The van der Waals surface area contributed by atoms with Gasteiger partial charge in [0.15, 0.2) is 0 Å². The molecular formula is C37H40BrN3O2S. The van der Waals surface area contributed by atoms with Crippen LogP contribution in [0.4, 0.5) is 0 Å². The Balaban J connectivity index is 1.46. The molecule has 2 heterocycles. The topological polar surface area (TPSA) is 57.5 Å². The zero-order valence-electron chi connectivity index (χ0n) is 25.9. The van der Waals surface area contributed by atoms with Crippen LogP contribution >= 0.6 is 27.7 Å². The van der Waals surface area contributed by atoms with Crippen LogP contribution in [0.2, 0.25) is 0 Å². The van der Waals surface area contributed by atoms with Gasteiger partial charge in [0.2, 0.25) is 0 Å². The molecule has 0 aliphatic carbocycles. The highest BCUT2D eigenvalue weighted by Gasteiger charge is 2.28. The van der Waals surface area contributed by atoms with Gasteiger partial charge in [-0.25, -0.2) is 0 Å². The summed E-state index contributed by atoms with van der Waals surface area (Å²) in [6.07, 6.45) is 1.87. The van der Waals surface area contributed by atoms with Crippen molar-refractivity contribution in [3.63, 3.8) is 0 Å². The Morgan fingerprint density at radius 1 is 1.00 bits per heavy atom. The fourth-order valence-corrected chi connectivity index (χ4v) is 7.90. The van der Waals surface area contributed by atoms with E-state index in [2.05, 4.69) is 119 Å². The molecule has 0 saturated carbocycles. The summed E-state index contributed by atoms with van der Waals surface area (Å²) in [7, 11) is 0. The van der Waals surface area contributed by atoms with Crippen LogP contribution < -0.4 is 5.32 Å². The molecule has 1 aliphatic heterocycles. The molecule has 0 spiro atoms. The fraction of sp³-hybridized carbons (Fsp3) is 0.324. The van der Waals surface area contributed by atoms with Gasteiger partial charge in [-0.3, -0.25) is 4.79 Å². The number of phenolic OH excluding ortho intramolecular Hbond substituents is 1. The van der Waals surface area contributed by atoms with Gasteiger partial charge in [-0.2, -0.15) is 0 Å². The Labute approximate surface area is 272 Å². The van der Waals surface area contributed by atoms with Gasteiger partial charge in [0.05, 0.1) is 15.6 Å². The van der Waals surface area contributed by atoms with E-state index in [1.54, 1.807) is 17.8 Å². The number of nitrogens with one attached hydrogen (secondary N) is 1. The number of aromatic nitrogens is 1. The molecular weight excluding hydrogens is 630 g/mol. The molecule has 0 bridgehead atoms. The first-order chi connectivity index (χ1) is 21.2. The first kappa shape index (κ1) is 30.8. The molecule has 1 aromatic heterocycles. The van der Waals surface area contributed by atoms with Crippen molar-refractivity contribution in [3.8, 4) is 5.75 Å². The summed E-state index contributed by atoms with van der Waals surface area (Å²) >= 11 is 5.32. The van der Waals surface area contributed by atoms with E-state index in [4.69, 9.17) is 0 Å². The molecule has 1 saturated heterocycles. The summed E-state index contributed by atoms with van der Waals surface area (Å²) in [4.78, 5) is 18.0. The maximum absolute atomic E-state index is 14.3. The number of fused-ring (bicyclic) bond motifs is 2. The van der Waals surface area contributed by atoms with Crippen LogP contribution in [-0.2, 0) is 12.3 Å². The highest BCUT2D eigenvalue weighted by atomic mass is 79.9. The number of thioether (sulfide) groups is 1. The smallest absolute Gasteiger partial charge is 0.253 e. The molecule has 0 atom stereocenters. The van der Waals surface area contributed by atoms with Crippen molar-refractivity contribution in [2.75, 3.05) is 13.1 Å². The second-order valence-electron chi connectivity index (χ2n) is 12.3. The lowest BCUT2D eigenvalue weighted by Crippen LogP contribution is -2.46. The van der Waals surface area contributed by atoms with E-state index < -0.39 is 0 Å². The number of likely N-dealkylation sites (tertiary alicyclic amines) is 1. The predicted octanol–water partition coefficient (Wildman–Crippen LogP) is 8.82. The third-order valence-electron chi connectivity index (χ3n) is 8.97. The standard InChI is InChI=1S/C37H40BrN3O2S/c1-23(2)40-16-14-28(15-17-40)39-37(43)36-30-19-34(42)31(38)20-32(30)41(21-27-10-7-9-26-8-5-6-11-29(26)27)33(36)22-44-35-13-12-24(3)18-25(35)4/h5-13,18-20,23,28,42H,14-17,21-22H2,1-4H3,(H,39,43). The average Bonchev–Trinajstić information content (AvgIpc) is 3.29. The lowest BCUT2D eigenvalue weighted by Gasteiger charge is -2.34. The zero-order valence-corrected chi connectivity index (χ0v) is 28.3. The van der Waals surface area contributed by atoms with Crippen LogP contribution in [0.1, 0.15) is 59.4 Å². The van der Waals surface area contributed by atoms with Crippen molar-refractivity contribution >= 4 is 55.3 Å². The monoisotopic (exact) mass is 669 g/mol. The SMILES string of the molecule is Cc1ccc(SCc2c(C(=O)NC3CCN(C(C)C)CC3)c3cc(O)c(Br)cc3n2Cc2cccc3ccccc23)c(C)c1. The number of piperidine rings is 1. The predicted molar refractivity (Wildman–Crippen MR) is 187 cm³/mol. The van der Waals surface area contributed by atoms with Crippen molar-refractivity contribution in [1.29, 1.82) is 0 Å². The summed E-state index contributed by atoms with van der Waals surface area (Å²) in [5.41, 5.74) is 6.21. The minimum absolute atomic E-state index is 0.0624. The molecule has 1 amide bonds. The van der Waals surface area contributed by atoms with E-state index >= 15 is 0 Å². The lowest BCUT2D eigenvalue weighted by molar-refractivity contribution is 0.0901. The second kappa shape index (κ2) is 13.0. The fourth-order valence-electron chi connectivity index (χ4n) is 6.52. The van der Waals surface area contributed by atoms with Crippen LogP contribution in [-0.4, -0.2) is 45.7 Å². The Morgan fingerprint density at radius 3 is 2.50 bits per heavy atom. The van der Waals surface area contributed by atoms with Crippen molar-refractivity contribution in [3.05, 3.63) is 105 Å². The van der Waals surface area contributed by atoms with Gasteiger partial charge >= 0.3 is 0 Å². The summed E-state index contributed by atoms with van der Waals surface area (Å²) in [6, 6.07) is 25.7. The number of rotatable bonds is 8. The van der Waals surface area contributed by atoms with Gasteiger partial charge in [0.25, 0.3) is 5.91 Å². The largest absolute Gasteiger partial charge is 0.507 e. The normalized spacial score (nSPS) is 14.6. The van der Waals surface area contributed by atoms with Crippen molar-refractivity contribution in [2.45, 2.75) is 69.8 Å². The Hall–Kier alpha value is -3.26. The molecule has 2 N–H and O–H groups in total. The maximum Gasteiger partial charge on any atom is 0.253 e. The van der Waals surface area contributed by atoms with Gasteiger partial charge in [-0.15, -0.1) is 11.8 Å². The van der Waals surface area contributed by atoms with Crippen LogP contribution in [0.15, 0.2) is 82.2 Å². The molecule has 0 unspecified atom stereocenters. The third-order valence-corrected chi connectivity index (χ3v) is 10.8. The van der Waals surface area contributed by atoms with Gasteiger partial charge in [0.1, 0.15) is 5.75 Å². The van der Waals surface area contributed by atoms with Crippen molar-refractivity contribution < 1.29 is 9.90 Å². The molecule has 1 aliphatic rings. The zero-order chi connectivity index (χ0) is 31.0. The van der Waals surface area contributed by atoms with Crippen LogP contribution in [0.5, 0.6) is 5.75 Å². The summed E-state index contributed by atoms with van der Waals surface area (Å²) in [6.45, 7) is 11.3. The number of aromatic hydroxyl groups is 1. The van der Waals surface area contributed by atoms with Crippen LogP contribution in [0.3, 0.4) is 0 Å². The Bertz CT molecular complexity index is 1830. The Morgan fingerprint density at radius 2 is 1.75 bits per heavy atom. The number of benzene rings is 4. The minimum Gasteiger partial charge on any atom is -0.507 e. The minimum atomic E-state index is -0.0624. The number of halogens is 1. The number of phenols is 1. The van der Waals surface area contributed by atoms with E-state index in [0.717, 1.165) is 42.5 Å². The van der Waals surface area contributed by atoms with E-state index in [-0.39, 0.29) is 17.7 Å². The Kier molecular flexibility index (Phi) is 9.08. The number of aryl methyl sites for hydroxylation is 2. The van der Waals surface area contributed by atoms with E-state index in [1.807, 2.05) is 6.07 Å². The quantitative estimate of drug-likeness (QED) is 0.162. The van der Waals surface area contributed by atoms with E-state index in [1.165, 1.54) is 32.4 Å². The van der Waals surface area contributed by atoms with Gasteiger partial charge in [0, 0.05) is 53.4 Å². The molecule has 7 heteroatoms. The number of nitrogens with zero attached hydrogens (tertiary/aromatic N) is 2. The molecule has 0 radical (unpaired) electrons. The first-order valence-corrected chi connectivity index (χ1v) is 17.2. The summed E-state index contributed by atoms with van der Waals surface area (Å²) < 4.78 is 2.90. The summed E-state index contributed by atoms with van der Waals surface area (Å²) in [5.74, 6) is 0.691. The van der Waals surface area contributed by atoms with Crippen LogP contribution in [0, 0.1) is 13.8 Å². The molecule has 1 fully saturated rings. The van der Waals surface area contributed by atoms with E-state index in [0.29, 0.717) is 28.4 Å². The van der Waals surface area contributed by atoms with Crippen LogP contribution in [0.25, 0.3) is 21.7 Å². The highest BCUT2D eigenvalue weighted by Crippen LogP contribution is 2.38. The average molecular weight is 671 g/mol. The summed E-state index contributed by atoms with van der Waals surface area (Å²) in [5, 5.41) is 17.4. The third kappa shape index (κ3) is 6.28. The number of hydrogen-bond donors (Lipinski definition) is 2. The van der Waals surface area contributed by atoms with Crippen molar-refractivity contribution in [1.82, 2.24) is 14.8 Å². The molecule has 5 aromatic rings. The van der Waals surface area contributed by atoms with Crippen molar-refractivity contribution in [2.24, 2.45) is 0 Å². The number of carbonyl (C=O) groups is 1. The number of carbonyl (C=O) groups excluding carboxylic acids is 1. The molecule has 44 heavy (non-hydrogen) atoms. The molecule has 228 valence electrons. The van der Waals surface area contributed by atoms with Gasteiger partial charge < -0.3 is 19.9 Å². The number of hydrogen-bond acceptors (Lipinski definition) is 4. The molecule has 6 rings (SSSR count). The van der Waals surface area contributed by atoms with Gasteiger partial charge in [-0.05, 0) is 96.6 Å². The maximum atomic E-state index is 14.3. The van der Waals surface area contributed by atoms with Gasteiger partial charge in [-0.1, -0.05) is 60.2 Å². The molecule has 4 aromatic carbocycles.